The van der Waals surface area contributed by atoms with Crippen molar-refractivity contribution in [1.29, 1.82) is 0 Å². The van der Waals surface area contributed by atoms with Gasteiger partial charge in [0, 0.05) is 21.3 Å². The first-order valence-electron chi connectivity index (χ1n) is 9.86. The molecule has 1 heterocycles. The van der Waals surface area contributed by atoms with Gasteiger partial charge >= 0.3 is 5.97 Å². The highest BCUT2D eigenvalue weighted by atomic mass is 127. The molecule has 34 heavy (non-hydrogen) atoms. The maximum atomic E-state index is 12.4. The third-order valence-corrected chi connectivity index (χ3v) is 6.25. The summed E-state index contributed by atoms with van der Waals surface area (Å²) in [5.74, 6) is 0.607. The molecule has 0 amide bonds. The summed E-state index contributed by atoms with van der Waals surface area (Å²) < 4.78 is 18.7. The lowest BCUT2D eigenvalue weighted by Gasteiger charge is -2.14. The summed E-state index contributed by atoms with van der Waals surface area (Å²) in [7, 11) is 1.55. The number of methoxy groups -OCH3 is 1. The van der Waals surface area contributed by atoms with Crippen molar-refractivity contribution in [2.75, 3.05) is 7.11 Å². The monoisotopic (exact) mass is 682 g/mol. The molecule has 3 aromatic rings. The second-order valence-electron chi connectivity index (χ2n) is 7.09. The Morgan fingerprint density at radius 3 is 2.56 bits per heavy atom. The van der Waals surface area contributed by atoms with Crippen LogP contribution in [-0.4, -0.2) is 23.9 Å². The van der Waals surface area contributed by atoms with Gasteiger partial charge in [0.05, 0.1) is 15.6 Å². The van der Waals surface area contributed by atoms with Crippen LogP contribution in [0.3, 0.4) is 0 Å². The molecule has 10 heteroatoms. The van der Waals surface area contributed by atoms with Crippen molar-refractivity contribution in [3.05, 3.63) is 100 Å². The number of ether oxygens (including phenoxy) is 3. The number of halogens is 2. The van der Waals surface area contributed by atoms with E-state index in [-0.39, 0.29) is 17.3 Å². The first-order chi connectivity index (χ1) is 16.3. The predicted molar refractivity (Wildman–Crippen MR) is 143 cm³/mol. The molecule has 0 fully saturated rings. The number of nitro groups is 1. The number of rotatable bonds is 7. The molecule has 0 bridgehead atoms. The summed E-state index contributed by atoms with van der Waals surface area (Å²) in [4.78, 5) is 27.0. The minimum Gasteiger partial charge on any atom is -0.493 e. The Morgan fingerprint density at radius 1 is 1.12 bits per heavy atom. The fourth-order valence-electron chi connectivity index (χ4n) is 3.16. The molecule has 4 rings (SSSR count). The molecule has 0 unspecified atom stereocenters. The lowest BCUT2D eigenvalue weighted by Crippen LogP contribution is -2.05. The van der Waals surface area contributed by atoms with E-state index in [2.05, 4.69) is 50.2 Å². The zero-order chi connectivity index (χ0) is 24.2. The van der Waals surface area contributed by atoms with Gasteiger partial charge in [0.15, 0.2) is 17.2 Å². The van der Waals surface area contributed by atoms with Gasteiger partial charge in [0.25, 0.3) is 5.69 Å². The van der Waals surface area contributed by atoms with Gasteiger partial charge < -0.3 is 14.2 Å². The average Bonchev–Trinajstić information content (AvgIpc) is 3.18. The van der Waals surface area contributed by atoms with Gasteiger partial charge in [-0.05, 0) is 98.8 Å². The molecule has 8 nitrogen and oxygen atoms in total. The molecule has 0 N–H and O–H groups in total. The van der Waals surface area contributed by atoms with Crippen molar-refractivity contribution in [2.24, 2.45) is 4.99 Å². The third-order valence-electron chi connectivity index (χ3n) is 4.77. The van der Waals surface area contributed by atoms with E-state index < -0.39 is 10.9 Å². The fourth-order valence-corrected chi connectivity index (χ4v) is 4.55. The van der Waals surface area contributed by atoms with E-state index in [0.29, 0.717) is 29.2 Å². The van der Waals surface area contributed by atoms with E-state index in [1.54, 1.807) is 19.3 Å². The topological polar surface area (TPSA) is 100 Å². The highest BCUT2D eigenvalue weighted by Crippen LogP contribution is 2.35. The molecular weight excluding hydrogens is 666 g/mol. The number of hydrogen-bond acceptors (Lipinski definition) is 7. The molecule has 1 aliphatic heterocycles. The number of carbonyl (C=O) groups excluding carboxylic acids is 1. The molecule has 0 atom stereocenters. The van der Waals surface area contributed by atoms with Crippen LogP contribution in [0.2, 0.25) is 0 Å². The Morgan fingerprint density at radius 2 is 1.88 bits per heavy atom. The van der Waals surface area contributed by atoms with E-state index >= 15 is 0 Å². The molecular formula is C24H16I2N2O6. The number of hydrogen-bond donors (Lipinski definition) is 0. The standard InChI is InChI=1S/C24H16I2N2O6/c1-32-21-12-15(10-19(26)22(21)33-13-14-3-2-4-17(25)9-14)11-20-24(29)34-23(27-20)16-5-7-18(8-6-16)28(30)31/h2-12H,13H2,1H3/b20-11-. The lowest BCUT2D eigenvalue weighted by molar-refractivity contribution is -0.384. The molecule has 0 aliphatic carbocycles. The molecule has 1 aliphatic rings. The normalized spacial score (nSPS) is 14.0. The van der Waals surface area contributed by atoms with Crippen molar-refractivity contribution in [1.82, 2.24) is 0 Å². The third kappa shape index (κ3) is 5.55. The van der Waals surface area contributed by atoms with Crippen LogP contribution in [0.25, 0.3) is 6.08 Å². The van der Waals surface area contributed by atoms with Crippen LogP contribution in [0.4, 0.5) is 5.69 Å². The van der Waals surface area contributed by atoms with Crippen LogP contribution in [-0.2, 0) is 16.1 Å². The van der Waals surface area contributed by atoms with E-state index in [4.69, 9.17) is 14.2 Å². The van der Waals surface area contributed by atoms with Crippen LogP contribution in [0.1, 0.15) is 16.7 Å². The Hall–Kier alpha value is -3.00. The van der Waals surface area contributed by atoms with Gasteiger partial charge in [-0.1, -0.05) is 12.1 Å². The average molecular weight is 682 g/mol. The summed E-state index contributed by atoms with van der Waals surface area (Å²) in [6.07, 6.45) is 1.59. The number of benzene rings is 3. The van der Waals surface area contributed by atoms with E-state index in [1.807, 2.05) is 30.3 Å². The van der Waals surface area contributed by atoms with E-state index in [0.717, 1.165) is 12.7 Å². The zero-order valence-electron chi connectivity index (χ0n) is 17.7. The first kappa shape index (κ1) is 24.1. The Kier molecular flexibility index (Phi) is 7.46. The van der Waals surface area contributed by atoms with E-state index in [9.17, 15) is 14.9 Å². The van der Waals surface area contributed by atoms with Crippen LogP contribution in [0.15, 0.2) is 71.4 Å². The quantitative estimate of drug-likeness (QED) is 0.104. The van der Waals surface area contributed by atoms with Crippen molar-refractivity contribution in [3.8, 4) is 11.5 Å². The molecule has 0 spiro atoms. The number of carbonyl (C=O) groups is 1. The molecule has 3 aromatic carbocycles. The van der Waals surface area contributed by atoms with Gasteiger partial charge in [-0.3, -0.25) is 10.1 Å². The largest absolute Gasteiger partial charge is 0.493 e. The number of esters is 1. The fraction of sp³-hybridized carbons (Fsp3) is 0.0833. The van der Waals surface area contributed by atoms with Gasteiger partial charge in [-0.25, -0.2) is 9.79 Å². The van der Waals surface area contributed by atoms with Crippen molar-refractivity contribution in [2.45, 2.75) is 6.61 Å². The van der Waals surface area contributed by atoms with E-state index in [1.165, 1.54) is 24.3 Å². The smallest absolute Gasteiger partial charge is 0.363 e. The molecule has 172 valence electrons. The summed E-state index contributed by atoms with van der Waals surface area (Å²) in [5, 5.41) is 10.8. The highest BCUT2D eigenvalue weighted by molar-refractivity contribution is 14.1. The number of nitro benzene ring substituents is 1. The van der Waals surface area contributed by atoms with Gasteiger partial charge in [0.1, 0.15) is 6.61 Å². The van der Waals surface area contributed by atoms with Crippen molar-refractivity contribution in [3.63, 3.8) is 0 Å². The minimum absolute atomic E-state index is 0.0598. The predicted octanol–water partition coefficient (Wildman–Crippen LogP) is 5.74. The number of nitrogens with zero attached hydrogens (tertiary/aromatic N) is 2. The summed E-state index contributed by atoms with van der Waals surface area (Å²) in [5.41, 5.74) is 2.24. The second-order valence-corrected chi connectivity index (χ2v) is 9.50. The number of cyclic esters (lactones) is 1. The molecule has 0 aromatic heterocycles. The lowest BCUT2D eigenvalue weighted by atomic mass is 10.1. The number of aliphatic imine (C=N–C) groups is 1. The maximum Gasteiger partial charge on any atom is 0.363 e. The summed E-state index contributed by atoms with van der Waals surface area (Å²) in [6.45, 7) is 0.388. The number of non-ortho nitro benzene ring substituents is 1. The summed E-state index contributed by atoms with van der Waals surface area (Å²) in [6, 6.07) is 17.3. The van der Waals surface area contributed by atoms with Crippen molar-refractivity contribution < 1.29 is 23.9 Å². The zero-order valence-corrected chi connectivity index (χ0v) is 22.0. The second kappa shape index (κ2) is 10.5. The summed E-state index contributed by atoms with van der Waals surface area (Å²) >= 11 is 4.41. The first-order valence-corrected chi connectivity index (χ1v) is 12.0. The maximum absolute atomic E-state index is 12.4. The molecule has 0 saturated heterocycles. The van der Waals surface area contributed by atoms with Gasteiger partial charge in [-0.2, -0.15) is 0 Å². The SMILES string of the molecule is COc1cc(/C=C2\N=C(c3ccc([N+](=O)[O-])cc3)OC2=O)cc(I)c1OCc1cccc(I)c1. The van der Waals surface area contributed by atoms with Crippen LogP contribution >= 0.6 is 45.2 Å². The molecule has 0 radical (unpaired) electrons. The van der Waals surface area contributed by atoms with Crippen LogP contribution < -0.4 is 9.47 Å². The Labute approximate surface area is 222 Å². The highest BCUT2D eigenvalue weighted by Gasteiger charge is 2.25. The minimum atomic E-state index is -0.610. The van der Waals surface area contributed by atoms with Crippen molar-refractivity contribution >= 4 is 68.8 Å². The van der Waals surface area contributed by atoms with Gasteiger partial charge in [0.2, 0.25) is 5.90 Å². The van der Waals surface area contributed by atoms with Gasteiger partial charge in [-0.15, -0.1) is 0 Å². The molecule has 0 saturated carbocycles. The van der Waals surface area contributed by atoms with Crippen LogP contribution in [0, 0.1) is 17.3 Å². The van der Waals surface area contributed by atoms with Crippen LogP contribution in [0.5, 0.6) is 11.5 Å². The Bertz CT molecular complexity index is 1340. The Balaban J connectivity index is 1.57.